The van der Waals surface area contributed by atoms with Crippen LogP contribution in [0.2, 0.25) is 10.0 Å². The smallest absolute Gasteiger partial charge is 0.506 e. The monoisotopic (exact) mass is 699 g/mol. The van der Waals surface area contributed by atoms with Crippen molar-refractivity contribution < 1.29 is 67.3 Å². The summed E-state index contributed by atoms with van der Waals surface area (Å²) in [7, 11) is 0. The molecule has 0 spiro atoms. The first-order valence-electron chi connectivity index (χ1n) is 13.4. The number of phenols is 4. The fourth-order valence-corrected chi connectivity index (χ4v) is 4.90. The molecule has 226 valence electrons. The summed E-state index contributed by atoms with van der Waals surface area (Å²) in [6, 6.07) is 27.6. The van der Waals surface area contributed by atoms with Gasteiger partial charge in [-0.3, -0.25) is 0 Å². The largest absolute Gasteiger partial charge is 1.00 e. The molecule has 0 heterocycles. The van der Waals surface area contributed by atoms with E-state index >= 15 is 0 Å². The van der Waals surface area contributed by atoms with Gasteiger partial charge in [0.1, 0.15) is 34.2 Å². The first-order chi connectivity index (χ1) is 21.1. The standard InChI is InChI=1S/2C17H13ClN2O2.Cr.Na/c2*1-10-8-15(17(22)13-5-3-2-4-12(10)13)20-19-14-9-11(18)6-7-16(14)21;;/h2*2-9,21-22H,1H3;;/q;;;+1. The quantitative estimate of drug-likeness (QED) is 0.109. The number of hydrogen-bond donors (Lipinski definition) is 4. The maximum Gasteiger partial charge on any atom is 1.00 e. The van der Waals surface area contributed by atoms with Crippen molar-refractivity contribution in [2.24, 2.45) is 20.5 Å². The molecule has 0 atom stereocenters. The Bertz CT molecular complexity index is 1950. The van der Waals surface area contributed by atoms with E-state index in [-0.39, 0.29) is 81.3 Å². The van der Waals surface area contributed by atoms with Crippen LogP contribution in [0.15, 0.2) is 118 Å². The summed E-state index contributed by atoms with van der Waals surface area (Å²) in [6.07, 6.45) is 0. The molecule has 8 nitrogen and oxygen atoms in total. The first-order valence-corrected chi connectivity index (χ1v) is 14.1. The van der Waals surface area contributed by atoms with E-state index < -0.39 is 0 Å². The van der Waals surface area contributed by atoms with Gasteiger partial charge < -0.3 is 20.4 Å². The fourth-order valence-electron chi connectivity index (χ4n) is 4.57. The van der Waals surface area contributed by atoms with Crippen molar-refractivity contribution in [3.8, 4) is 23.0 Å². The van der Waals surface area contributed by atoms with Crippen molar-refractivity contribution in [1.82, 2.24) is 0 Å². The molecule has 0 radical (unpaired) electrons. The van der Waals surface area contributed by atoms with Crippen LogP contribution in [0, 0.1) is 13.8 Å². The number of azo groups is 2. The van der Waals surface area contributed by atoms with E-state index in [0.29, 0.717) is 32.2 Å². The number of benzene rings is 6. The van der Waals surface area contributed by atoms with E-state index in [1.54, 1.807) is 24.3 Å². The molecule has 0 aromatic heterocycles. The van der Waals surface area contributed by atoms with E-state index in [9.17, 15) is 20.4 Å². The molecule has 0 fully saturated rings. The van der Waals surface area contributed by atoms with E-state index in [4.69, 9.17) is 23.2 Å². The SMILES string of the molecule is Cc1cc(N=Nc2cc(Cl)ccc2O)c(O)c2ccccc12.Cc1cc(N=Nc2cc(Cl)ccc2O)c(O)c2ccccc12.[Cr].[Na+]. The zero-order valence-corrected chi connectivity index (χ0v) is 29.8. The molecule has 0 aliphatic heterocycles. The van der Waals surface area contributed by atoms with Gasteiger partial charge in [0.2, 0.25) is 0 Å². The summed E-state index contributed by atoms with van der Waals surface area (Å²) in [5.41, 5.74) is 3.15. The average Bonchev–Trinajstić information content (AvgIpc) is 3.02. The van der Waals surface area contributed by atoms with Crippen molar-refractivity contribution in [2.45, 2.75) is 13.8 Å². The molecule has 0 aliphatic carbocycles. The Balaban J connectivity index is 0.000000240. The van der Waals surface area contributed by atoms with Gasteiger partial charge in [0.25, 0.3) is 0 Å². The van der Waals surface area contributed by atoms with Crippen molar-refractivity contribution >= 4 is 67.5 Å². The topological polar surface area (TPSA) is 130 Å². The zero-order chi connectivity index (χ0) is 31.4. The summed E-state index contributed by atoms with van der Waals surface area (Å²) >= 11 is 11.7. The van der Waals surface area contributed by atoms with Gasteiger partial charge in [-0.1, -0.05) is 71.7 Å². The third-order valence-corrected chi connectivity index (χ3v) is 7.28. The molecule has 0 amide bonds. The van der Waals surface area contributed by atoms with Crippen LogP contribution >= 0.6 is 23.2 Å². The Morgan fingerprint density at radius 1 is 0.457 bits per heavy atom. The number of phenolic OH excluding ortho intramolecular Hbond substituents is 4. The molecule has 12 heteroatoms. The second-order valence-electron chi connectivity index (χ2n) is 9.88. The average molecular weight is 700 g/mol. The Morgan fingerprint density at radius 2 is 0.783 bits per heavy atom. The molecule has 0 unspecified atom stereocenters. The number of aromatic hydroxyl groups is 4. The summed E-state index contributed by atoms with van der Waals surface area (Å²) in [6.45, 7) is 3.88. The second kappa shape index (κ2) is 16.3. The van der Waals surface area contributed by atoms with Gasteiger partial charge in [-0.25, -0.2) is 0 Å². The number of nitrogens with zero attached hydrogens (tertiary/aromatic N) is 4. The molecule has 0 bridgehead atoms. The van der Waals surface area contributed by atoms with Gasteiger partial charge in [-0.2, -0.15) is 0 Å². The van der Waals surface area contributed by atoms with Gasteiger partial charge >= 0.3 is 29.6 Å². The number of halogens is 2. The summed E-state index contributed by atoms with van der Waals surface area (Å²) in [5.74, 6) is 0.0771. The van der Waals surface area contributed by atoms with Gasteiger partial charge in [-0.15, -0.1) is 20.5 Å². The van der Waals surface area contributed by atoms with E-state index in [0.717, 1.165) is 21.9 Å². The Kier molecular flexibility index (Phi) is 13.0. The maximum absolute atomic E-state index is 10.3. The van der Waals surface area contributed by atoms with Gasteiger partial charge in [0.05, 0.1) is 0 Å². The molecule has 0 saturated heterocycles. The normalized spacial score (nSPS) is 10.9. The third-order valence-electron chi connectivity index (χ3n) is 6.81. The van der Waals surface area contributed by atoms with E-state index in [1.807, 2.05) is 62.4 Å². The minimum Gasteiger partial charge on any atom is -0.506 e. The molecule has 6 aromatic carbocycles. The van der Waals surface area contributed by atoms with Crippen LogP contribution in [0.4, 0.5) is 22.7 Å². The number of hydrogen-bond acceptors (Lipinski definition) is 8. The zero-order valence-electron chi connectivity index (χ0n) is 25.0. The summed E-state index contributed by atoms with van der Waals surface area (Å²) < 4.78 is 0. The maximum atomic E-state index is 10.3. The molecular formula is C34H26Cl2CrN4NaO4+. The minimum atomic E-state index is -0.0230. The summed E-state index contributed by atoms with van der Waals surface area (Å²) in [5, 5.41) is 60.4. The van der Waals surface area contributed by atoms with Crippen LogP contribution < -0.4 is 29.6 Å². The van der Waals surface area contributed by atoms with Gasteiger partial charge in [0.15, 0.2) is 11.5 Å². The molecular weight excluding hydrogens is 674 g/mol. The molecule has 0 saturated carbocycles. The van der Waals surface area contributed by atoms with Crippen LogP contribution in [0.25, 0.3) is 21.5 Å². The Hall–Kier alpha value is -3.65. The van der Waals surface area contributed by atoms with Crippen molar-refractivity contribution in [3.63, 3.8) is 0 Å². The Morgan fingerprint density at radius 3 is 1.15 bits per heavy atom. The van der Waals surface area contributed by atoms with Crippen LogP contribution in [-0.4, -0.2) is 20.4 Å². The van der Waals surface area contributed by atoms with Crippen LogP contribution in [-0.2, 0) is 17.4 Å². The molecule has 6 aromatic rings. The van der Waals surface area contributed by atoms with E-state index in [2.05, 4.69) is 20.5 Å². The molecule has 4 N–H and O–H groups in total. The molecule has 0 aliphatic rings. The van der Waals surface area contributed by atoms with E-state index in [1.165, 1.54) is 24.3 Å². The van der Waals surface area contributed by atoms with Crippen LogP contribution in [0.1, 0.15) is 11.1 Å². The number of aryl methyl sites for hydroxylation is 2. The third kappa shape index (κ3) is 8.38. The Labute approximate surface area is 308 Å². The van der Waals surface area contributed by atoms with Gasteiger partial charge in [0, 0.05) is 38.2 Å². The van der Waals surface area contributed by atoms with Gasteiger partial charge in [-0.05, 0) is 84.3 Å². The second-order valence-corrected chi connectivity index (χ2v) is 10.8. The van der Waals surface area contributed by atoms with Crippen LogP contribution in [0.3, 0.4) is 0 Å². The number of rotatable bonds is 4. The van der Waals surface area contributed by atoms with Crippen molar-refractivity contribution in [3.05, 3.63) is 118 Å². The number of fused-ring (bicyclic) bond motifs is 2. The van der Waals surface area contributed by atoms with Crippen LogP contribution in [0.5, 0.6) is 23.0 Å². The predicted molar refractivity (Wildman–Crippen MR) is 175 cm³/mol. The minimum absolute atomic E-state index is 0. The first kappa shape index (κ1) is 36.8. The van der Waals surface area contributed by atoms with Crippen molar-refractivity contribution in [1.29, 1.82) is 0 Å². The molecule has 46 heavy (non-hydrogen) atoms. The predicted octanol–water partition coefficient (Wildman–Crippen LogP) is 8.26. The fraction of sp³-hybridized carbons (Fsp3) is 0.0588. The molecule has 6 rings (SSSR count). The summed E-state index contributed by atoms with van der Waals surface area (Å²) in [4.78, 5) is 0. The van der Waals surface area contributed by atoms with Crippen molar-refractivity contribution in [2.75, 3.05) is 0 Å².